The molecular weight excluding hydrogens is 357 g/mol. The largest absolute Gasteiger partial charge is 0.416 e. The van der Waals surface area contributed by atoms with Crippen LogP contribution in [0.4, 0.5) is 24.5 Å². The van der Waals surface area contributed by atoms with E-state index < -0.39 is 11.7 Å². The molecule has 0 aliphatic heterocycles. The van der Waals surface area contributed by atoms with Gasteiger partial charge in [-0.3, -0.25) is 4.90 Å². The zero-order valence-corrected chi connectivity index (χ0v) is 14.1. The number of rotatable bonds is 4. The van der Waals surface area contributed by atoms with Gasteiger partial charge in [0.25, 0.3) is 0 Å². The molecule has 2 rings (SSSR count). The first-order valence-electron chi connectivity index (χ1n) is 6.94. The summed E-state index contributed by atoms with van der Waals surface area (Å²) in [7, 11) is 0. The average molecular weight is 371 g/mol. The lowest BCUT2D eigenvalue weighted by Gasteiger charge is -2.26. The van der Waals surface area contributed by atoms with Crippen molar-refractivity contribution in [3.05, 3.63) is 71.8 Å². The standard InChI is InChI=1S/C17H14ClF3N2S/c1-2-9-22-16(24)23(15-8-4-6-13(18)11-15)14-7-3-5-12(10-14)17(19,20)21/h2-8,10-11H,1,9H2,(H,22,24). The van der Waals surface area contributed by atoms with E-state index in [1.54, 1.807) is 36.4 Å². The van der Waals surface area contributed by atoms with Gasteiger partial charge in [0.05, 0.1) is 5.56 Å². The fraction of sp³-hybridized carbons (Fsp3) is 0.118. The number of anilines is 2. The molecule has 0 unspecified atom stereocenters. The molecule has 0 aromatic heterocycles. The number of alkyl halides is 3. The summed E-state index contributed by atoms with van der Waals surface area (Å²) in [4.78, 5) is 1.50. The van der Waals surface area contributed by atoms with Crippen molar-refractivity contribution in [2.45, 2.75) is 6.18 Å². The fourth-order valence-electron chi connectivity index (χ4n) is 2.06. The van der Waals surface area contributed by atoms with Crippen LogP contribution in [0.1, 0.15) is 5.56 Å². The highest BCUT2D eigenvalue weighted by Crippen LogP contribution is 2.34. The van der Waals surface area contributed by atoms with Crippen LogP contribution < -0.4 is 10.2 Å². The van der Waals surface area contributed by atoms with Gasteiger partial charge in [-0.15, -0.1) is 6.58 Å². The van der Waals surface area contributed by atoms with E-state index in [0.29, 0.717) is 17.3 Å². The smallest absolute Gasteiger partial charge is 0.359 e. The van der Waals surface area contributed by atoms with Crippen molar-refractivity contribution in [1.82, 2.24) is 5.32 Å². The number of hydrogen-bond acceptors (Lipinski definition) is 1. The molecule has 0 saturated heterocycles. The molecule has 0 saturated carbocycles. The van der Waals surface area contributed by atoms with E-state index in [0.717, 1.165) is 12.1 Å². The summed E-state index contributed by atoms with van der Waals surface area (Å²) in [5.41, 5.74) is 0.0931. The summed E-state index contributed by atoms with van der Waals surface area (Å²) in [5.74, 6) is 0. The van der Waals surface area contributed by atoms with Gasteiger partial charge < -0.3 is 5.32 Å². The van der Waals surface area contributed by atoms with Crippen LogP contribution in [0.5, 0.6) is 0 Å². The SMILES string of the molecule is C=CCNC(=S)N(c1cccc(Cl)c1)c1cccc(C(F)(F)F)c1. The lowest BCUT2D eigenvalue weighted by Crippen LogP contribution is -2.36. The molecule has 0 fully saturated rings. The first-order chi connectivity index (χ1) is 11.3. The molecule has 7 heteroatoms. The zero-order valence-electron chi connectivity index (χ0n) is 12.5. The monoisotopic (exact) mass is 370 g/mol. The Morgan fingerprint density at radius 1 is 1.17 bits per heavy atom. The van der Waals surface area contributed by atoms with Crippen LogP contribution in [0, 0.1) is 0 Å². The molecule has 1 N–H and O–H groups in total. The summed E-state index contributed by atoms with van der Waals surface area (Å²) in [6.07, 6.45) is -2.83. The second kappa shape index (κ2) is 7.68. The summed E-state index contributed by atoms with van der Waals surface area (Å²) in [6.45, 7) is 3.97. The van der Waals surface area contributed by atoms with E-state index in [4.69, 9.17) is 23.8 Å². The Balaban J connectivity index is 2.50. The number of nitrogens with zero attached hydrogens (tertiary/aromatic N) is 1. The van der Waals surface area contributed by atoms with Crippen molar-refractivity contribution in [2.75, 3.05) is 11.4 Å². The van der Waals surface area contributed by atoms with Crippen molar-refractivity contribution in [2.24, 2.45) is 0 Å². The van der Waals surface area contributed by atoms with E-state index in [9.17, 15) is 13.2 Å². The molecule has 24 heavy (non-hydrogen) atoms. The average Bonchev–Trinajstić information content (AvgIpc) is 2.53. The molecule has 2 aromatic rings. The van der Waals surface area contributed by atoms with Crippen LogP contribution in [0.25, 0.3) is 0 Å². The van der Waals surface area contributed by atoms with Gasteiger partial charge in [-0.05, 0) is 48.6 Å². The minimum atomic E-state index is -4.44. The molecular formula is C17H14ClF3N2S. The van der Waals surface area contributed by atoms with Gasteiger partial charge in [0.15, 0.2) is 5.11 Å². The van der Waals surface area contributed by atoms with Gasteiger partial charge in [0.1, 0.15) is 0 Å². The lowest BCUT2D eigenvalue weighted by atomic mass is 10.1. The first kappa shape index (κ1) is 18.3. The topological polar surface area (TPSA) is 15.3 Å². The Kier molecular flexibility index (Phi) is 5.85. The van der Waals surface area contributed by atoms with Crippen molar-refractivity contribution in [3.8, 4) is 0 Å². The van der Waals surface area contributed by atoms with Gasteiger partial charge in [0, 0.05) is 22.9 Å². The maximum atomic E-state index is 13.0. The Labute approximate surface area is 148 Å². The third-order valence-corrected chi connectivity index (χ3v) is 3.66. The second-order valence-electron chi connectivity index (χ2n) is 4.84. The fourth-order valence-corrected chi connectivity index (χ4v) is 2.54. The van der Waals surface area contributed by atoms with Gasteiger partial charge >= 0.3 is 6.18 Å². The predicted octanol–water partition coefficient (Wildman–Crippen LogP) is 5.56. The molecule has 0 amide bonds. The van der Waals surface area contributed by atoms with Crippen LogP contribution in [0.2, 0.25) is 5.02 Å². The zero-order chi connectivity index (χ0) is 17.7. The molecule has 0 atom stereocenters. The predicted molar refractivity (Wildman–Crippen MR) is 95.8 cm³/mol. The van der Waals surface area contributed by atoms with Gasteiger partial charge in [0.2, 0.25) is 0 Å². The Bertz CT molecular complexity index is 747. The van der Waals surface area contributed by atoms with Crippen LogP contribution in [-0.2, 0) is 6.18 Å². The Morgan fingerprint density at radius 3 is 2.38 bits per heavy atom. The van der Waals surface area contributed by atoms with Crippen LogP contribution in [-0.4, -0.2) is 11.7 Å². The van der Waals surface area contributed by atoms with E-state index in [1.807, 2.05) is 0 Å². The first-order valence-corrected chi connectivity index (χ1v) is 7.73. The molecule has 0 aliphatic rings. The molecule has 0 aliphatic carbocycles. The second-order valence-corrected chi connectivity index (χ2v) is 5.66. The van der Waals surface area contributed by atoms with E-state index in [2.05, 4.69) is 11.9 Å². The maximum absolute atomic E-state index is 13.0. The van der Waals surface area contributed by atoms with Crippen LogP contribution >= 0.6 is 23.8 Å². The van der Waals surface area contributed by atoms with Crippen molar-refractivity contribution >= 4 is 40.3 Å². The highest BCUT2D eigenvalue weighted by molar-refractivity contribution is 7.80. The van der Waals surface area contributed by atoms with Crippen LogP contribution in [0.3, 0.4) is 0 Å². The third-order valence-electron chi connectivity index (χ3n) is 3.10. The number of halogens is 4. The lowest BCUT2D eigenvalue weighted by molar-refractivity contribution is -0.137. The van der Waals surface area contributed by atoms with Crippen molar-refractivity contribution in [3.63, 3.8) is 0 Å². The van der Waals surface area contributed by atoms with Gasteiger partial charge in [-0.1, -0.05) is 29.8 Å². The third kappa shape index (κ3) is 4.49. The normalized spacial score (nSPS) is 11.0. The van der Waals surface area contributed by atoms with Crippen LogP contribution in [0.15, 0.2) is 61.2 Å². The highest BCUT2D eigenvalue weighted by Gasteiger charge is 2.31. The summed E-state index contributed by atoms with van der Waals surface area (Å²) < 4.78 is 39.0. The summed E-state index contributed by atoms with van der Waals surface area (Å²) in [6, 6.07) is 11.7. The number of nitrogens with one attached hydrogen (secondary N) is 1. The Morgan fingerprint density at radius 2 is 1.79 bits per heavy atom. The molecule has 0 spiro atoms. The molecule has 126 valence electrons. The molecule has 0 bridgehead atoms. The molecule has 0 radical (unpaired) electrons. The molecule has 0 heterocycles. The van der Waals surface area contributed by atoms with E-state index in [-0.39, 0.29) is 10.8 Å². The maximum Gasteiger partial charge on any atom is 0.416 e. The van der Waals surface area contributed by atoms with E-state index >= 15 is 0 Å². The van der Waals surface area contributed by atoms with Gasteiger partial charge in [-0.25, -0.2) is 0 Å². The number of benzene rings is 2. The van der Waals surface area contributed by atoms with E-state index in [1.165, 1.54) is 11.0 Å². The number of thiocarbonyl (C=S) groups is 1. The highest BCUT2D eigenvalue weighted by atomic mass is 35.5. The minimum Gasteiger partial charge on any atom is -0.359 e. The summed E-state index contributed by atoms with van der Waals surface area (Å²) >= 11 is 11.3. The minimum absolute atomic E-state index is 0.247. The van der Waals surface area contributed by atoms with Crippen molar-refractivity contribution in [1.29, 1.82) is 0 Å². The number of hydrogen-bond donors (Lipinski definition) is 1. The molecule has 2 nitrogen and oxygen atoms in total. The van der Waals surface area contributed by atoms with Crippen molar-refractivity contribution < 1.29 is 13.2 Å². The quantitative estimate of drug-likeness (QED) is 0.560. The summed E-state index contributed by atoms with van der Waals surface area (Å²) in [5, 5.41) is 3.62. The molecule has 2 aromatic carbocycles. The Hall–Kier alpha value is -2.05. The van der Waals surface area contributed by atoms with Gasteiger partial charge in [-0.2, -0.15) is 13.2 Å².